The molecule has 0 aliphatic rings. The van der Waals surface area contributed by atoms with Crippen LogP contribution in [0.5, 0.6) is 0 Å². The Morgan fingerprint density at radius 3 is 0.333 bits per heavy atom. The molecule has 0 spiro atoms. The average molecular weight is 927 g/mol. The molecule has 0 aliphatic heterocycles. The van der Waals surface area contributed by atoms with Crippen molar-refractivity contribution in [2.75, 3.05) is 26.2 Å². The summed E-state index contributed by atoms with van der Waals surface area (Å²) in [6, 6.07) is 0. The van der Waals surface area contributed by atoms with E-state index in [1.165, 1.54) is 390 Å². The second kappa shape index (κ2) is 61.1. The zero-order valence-electron chi connectivity index (χ0n) is 47.5. The molecule has 0 aromatic heterocycles. The van der Waals surface area contributed by atoms with Crippen LogP contribution in [0, 0.1) is 0 Å². The lowest BCUT2D eigenvalue weighted by Crippen LogP contribution is -2.50. The molecule has 0 saturated heterocycles. The average Bonchev–Trinajstić information content (AvgIpc) is 3.32. The van der Waals surface area contributed by atoms with Crippen molar-refractivity contribution >= 4 is 8.41 Å². The van der Waals surface area contributed by atoms with Crippen LogP contribution in [0.1, 0.15) is 387 Å². The summed E-state index contributed by atoms with van der Waals surface area (Å²) in [4.78, 5) is 0. The van der Waals surface area contributed by atoms with Crippen molar-refractivity contribution in [3.63, 3.8) is 0 Å². The van der Waals surface area contributed by atoms with E-state index in [0.717, 1.165) is 0 Å². The fraction of sp³-hybridized carbons (Fsp3) is 1.00. The van der Waals surface area contributed by atoms with Crippen LogP contribution in [0.3, 0.4) is 0 Å². The Bertz CT molecular complexity index is 677. The molecular weight excluding hydrogens is 794 g/mol. The van der Waals surface area contributed by atoms with Crippen molar-refractivity contribution in [1.82, 2.24) is 0 Å². The maximum absolute atomic E-state index is 2.33. The van der Waals surface area contributed by atoms with Gasteiger partial charge >= 0.3 is 0 Å². The Labute approximate surface area is 424 Å². The second-order valence-corrected chi connectivity index (χ2v) is 22.6. The maximum Gasteiger partial charge on any atom is 0.0786 e. The zero-order valence-corrected chi connectivity index (χ0v) is 47.5. The Kier molecular flexibility index (Phi) is 63.1. The highest BCUT2D eigenvalue weighted by atomic mass is 15.3. The van der Waals surface area contributed by atoms with Crippen molar-refractivity contribution in [2.45, 2.75) is 387 Å². The summed E-state index contributed by atoms with van der Waals surface area (Å²) in [5.41, 5.74) is 0. The number of rotatable bonds is 60. The lowest BCUT2D eigenvalue weighted by atomic mass is 10.0. The number of quaternary nitrogens is 1. The van der Waals surface area contributed by atoms with E-state index in [2.05, 4.69) is 27.7 Å². The molecule has 396 valence electrons. The third-order valence-corrected chi connectivity index (χ3v) is 15.9. The highest BCUT2D eigenvalue weighted by Gasteiger charge is 2.26. The highest BCUT2D eigenvalue weighted by Crippen LogP contribution is 2.23. The summed E-state index contributed by atoms with van der Waals surface area (Å²) in [7, 11) is 0. The van der Waals surface area contributed by atoms with Gasteiger partial charge in [-0.05, 0) is 51.4 Å². The van der Waals surface area contributed by atoms with Gasteiger partial charge in [-0.2, -0.15) is 0 Å². The molecule has 2 heteroatoms. The summed E-state index contributed by atoms with van der Waals surface area (Å²) in [6.07, 6.45) is 82.7. The van der Waals surface area contributed by atoms with Crippen LogP contribution in [0.25, 0.3) is 0 Å². The first kappa shape index (κ1) is 68.1. The zero-order chi connectivity index (χ0) is 46.9. The van der Waals surface area contributed by atoms with Crippen LogP contribution in [-0.4, -0.2) is 39.1 Å². The monoisotopic (exact) mass is 926 g/mol. The first-order chi connectivity index (χ1) is 32.2. The second-order valence-electron chi connectivity index (χ2n) is 22.6. The summed E-state index contributed by atoms with van der Waals surface area (Å²) >= 11 is 0. The lowest BCUT2D eigenvalue weighted by Gasteiger charge is -2.40. The van der Waals surface area contributed by atoms with Gasteiger partial charge in [0.2, 0.25) is 0 Å². The predicted molar refractivity (Wildman–Crippen MR) is 307 cm³/mol. The minimum Gasteiger partial charge on any atom is -1.00 e. The molecule has 0 aromatic rings. The molecule has 0 heterocycles. The van der Waals surface area contributed by atoms with Gasteiger partial charge in [0, 0.05) is 0 Å². The first-order valence-electron chi connectivity index (χ1n) is 32.1. The predicted octanol–water partition coefficient (Wildman–Crippen LogP) is 23.3. The summed E-state index contributed by atoms with van der Waals surface area (Å²) in [5.74, 6) is 0. The molecule has 66 heavy (non-hydrogen) atoms. The van der Waals surface area contributed by atoms with Crippen LogP contribution in [0.4, 0.5) is 0 Å². The topological polar surface area (TPSA) is 0 Å². The third kappa shape index (κ3) is 55.0. The standard InChI is InChI=1S/C64H132N.B/c1-5-9-13-17-21-25-29-33-37-41-45-49-53-57-61-65(62-58-54-50-46-42-38-34-30-26-22-18-14-10-6-2,63-59-55-51-47-43-39-35-31-27-23-19-15-11-7-3)64-60-56-52-48-44-40-36-32-28-24-20-16-12-8-4;/h5-64H2,1-4H3;/q+1;-1. The van der Waals surface area contributed by atoms with E-state index in [0.29, 0.717) is 0 Å². The van der Waals surface area contributed by atoms with Crippen molar-refractivity contribution in [2.24, 2.45) is 0 Å². The van der Waals surface area contributed by atoms with Gasteiger partial charge < -0.3 is 12.9 Å². The van der Waals surface area contributed by atoms with E-state index < -0.39 is 0 Å². The van der Waals surface area contributed by atoms with Crippen LogP contribution < -0.4 is 0 Å². The minimum atomic E-state index is 0. The largest absolute Gasteiger partial charge is 1.00 e. The highest BCUT2D eigenvalue weighted by molar-refractivity contribution is 5.75. The first-order valence-corrected chi connectivity index (χ1v) is 32.1. The van der Waals surface area contributed by atoms with E-state index in [1.807, 2.05) is 0 Å². The molecule has 0 amide bonds. The van der Waals surface area contributed by atoms with E-state index >= 15 is 0 Å². The Morgan fingerprint density at radius 1 is 0.136 bits per heavy atom. The molecule has 0 N–H and O–H groups in total. The molecule has 0 aliphatic carbocycles. The number of nitrogens with zero attached hydrogens (tertiary/aromatic N) is 1. The van der Waals surface area contributed by atoms with Gasteiger partial charge in [0.25, 0.3) is 0 Å². The molecule has 0 unspecified atom stereocenters. The third-order valence-electron chi connectivity index (χ3n) is 15.9. The van der Waals surface area contributed by atoms with Crippen molar-refractivity contribution in [3.05, 3.63) is 0 Å². The maximum atomic E-state index is 2.33. The summed E-state index contributed by atoms with van der Waals surface area (Å²) in [5, 5.41) is 0. The fourth-order valence-corrected chi connectivity index (χ4v) is 11.2. The number of hydrogen-bond donors (Lipinski definition) is 0. The SMILES string of the molecule is CCCCCCCCCCCCCCCC[N+](CCCCCCCCCCCCCCCC)(CCCCCCCCCCCCCCCC)CCCCCCCCCCCCCCCC.[B-]. The van der Waals surface area contributed by atoms with Crippen LogP contribution >= 0.6 is 0 Å². The Morgan fingerprint density at radius 2 is 0.227 bits per heavy atom. The van der Waals surface area contributed by atoms with Crippen molar-refractivity contribution < 1.29 is 4.48 Å². The minimum absolute atomic E-state index is 0. The Balaban J connectivity index is 0. The molecule has 0 rings (SSSR count). The van der Waals surface area contributed by atoms with Gasteiger partial charge in [-0.3, -0.25) is 0 Å². The summed E-state index contributed by atoms with van der Waals surface area (Å²) < 4.78 is 1.49. The molecule has 0 bridgehead atoms. The van der Waals surface area contributed by atoms with Gasteiger partial charge in [0.05, 0.1) is 26.2 Å². The lowest BCUT2D eigenvalue weighted by molar-refractivity contribution is -0.929. The molecule has 4 radical (unpaired) electrons. The van der Waals surface area contributed by atoms with E-state index in [-0.39, 0.29) is 8.41 Å². The fourth-order valence-electron chi connectivity index (χ4n) is 11.2. The van der Waals surface area contributed by atoms with Gasteiger partial charge in [0.15, 0.2) is 0 Å². The molecule has 0 aromatic carbocycles. The molecule has 0 fully saturated rings. The van der Waals surface area contributed by atoms with Crippen LogP contribution in [0.15, 0.2) is 0 Å². The van der Waals surface area contributed by atoms with Gasteiger partial charge in [-0.25, -0.2) is 0 Å². The van der Waals surface area contributed by atoms with Crippen molar-refractivity contribution in [1.29, 1.82) is 0 Å². The molecular formula is C64H132BN. The van der Waals surface area contributed by atoms with Gasteiger partial charge in [-0.1, -0.05) is 336 Å². The number of unbranched alkanes of at least 4 members (excludes halogenated alkanes) is 52. The van der Waals surface area contributed by atoms with E-state index in [4.69, 9.17) is 0 Å². The van der Waals surface area contributed by atoms with E-state index in [1.54, 1.807) is 0 Å². The van der Waals surface area contributed by atoms with Crippen molar-refractivity contribution in [3.8, 4) is 0 Å². The van der Waals surface area contributed by atoms with Gasteiger partial charge in [0.1, 0.15) is 0 Å². The van der Waals surface area contributed by atoms with Crippen LogP contribution in [0.2, 0.25) is 0 Å². The smallest absolute Gasteiger partial charge is 0.0786 e. The Hall–Kier alpha value is 0.0249. The summed E-state index contributed by atoms with van der Waals surface area (Å²) in [6.45, 7) is 15.3. The molecule has 0 saturated carbocycles. The molecule has 0 atom stereocenters. The van der Waals surface area contributed by atoms with Gasteiger partial charge in [-0.15, -0.1) is 0 Å². The molecule has 1 nitrogen and oxygen atoms in total. The van der Waals surface area contributed by atoms with Crippen LogP contribution in [-0.2, 0) is 0 Å². The van der Waals surface area contributed by atoms with E-state index in [9.17, 15) is 0 Å². The quantitative estimate of drug-likeness (QED) is 0.0324. The normalized spacial score (nSPS) is 11.8. The number of hydrogen-bond acceptors (Lipinski definition) is 0.